The number of nitrogens with zero attached hydrogens (tertiary/aromatic N) is 1. The van der Waals surface area contributed by atoms with Crippen LogP contribution in [0.5, 0.6) is 0 Å². The second kappa shape index (κ2) is 9.74. The van der Waals surface area contributed by atoms with Crippen LogP contribution in [0.2, 0.25) is 0 Å². The molecule has 0 fully saturated rings. The van der Waals surface area contributed by atoms with Gasteiger partial charge in [0.05, 0.1) is 11.0 Å². The summed E-state index contributed by atoms with van der Waals surface area (Å²) in [6, 6.07) is 40.3. The van der Waals surface area contributed by atoms with Crippen molar-refractivity contribution in [3.63, 3.8) is 0 Å². The second-order valence-corrected chi connectivity index (χ2v) is 8.74. The number of fused-ring (bicyclic) bond motifs is 3. The summed E-state index contributed by atoms with van der Waals surface area (Å²) in [6.07, 6.45) is 0.866. The van der Waals surface area contributed by atoms with Crippen molar-refractivity contribution in [2.45, 2.75) is 0 Å². The van der Waals surface area contributed by atoms with Gasteiger partial charge in [0, 0.05) is 44.3 Å². The Morgan fingerprint density at radius 1 is 0.486 bits per heavy atom. The van der Waals surface area contributed by atoms with Gasteiger partial charge in [-0.2, -0.15) is 0 Å². The first-order valence-electron chi connectivity index (χ1n) is 12.1. The van der Waals surface area contributed by atoms with Gasteiger partial charge in [-0.05, 0) is 84.9 Å². The van der Waals surface area contributed by atoms with Gasteiger partial charge in [0.25, 0.3) is 0 Å². The molecule has 0 bridgehead atoms. The van der Waals surface area contributed by atoms with Gasteiger partial charge in [-0.3, -0.25) is 4.79 Å². The first kappa shape index (κ1) is 22.2. The molecule has 6 aromatic rings. The van der Waals surface area contributed by atoms with Crippen LogP contribution in [0.3, 0.4) is 0 Å². The third kappa shape index (κ3) is 4.53. The van der Waals surface area contributed by atoms with E-state index in [9.17, 15) is 4.79 Å². The SMILES string of the molecule is O=Cc1ccc(-n2c3ccc(C#Cc4ccccc4)cc3c3cc(C#Cc4ccccc4)ccc32)cc1. The molecule has 37 heavy (non-hydrogen) atoms. The lowest BCUT2D eigenvalue weighted by Crippen LogP contribution is -1.94. The van der Waals surface area contributed by atoms with Crippen molar-refractivity contribution in [3.8, 4) is 29.4 Å². The Morgan fingerprint density at radius 2 is 0.946 bits per heavy atom. The molecule has 0 aliphatic carbocycles. The Morgan fingerprint density at radius 3 is 1.41 bits per heavy atom. The van der Waals surface area contributed by atoms with Gasteiger partial charge >= 0.3 is 0 Å². The minimum atomic E-state index is 0.654. The summed E-state index contributed by atoms with van der Waals surface area (Å²) in [5, 5.41) is 2.22. The molecule has 0 aliphatic rings. The Hall–Kier alpha value is -5.31. The number of hydrogen-bond acceptors (Lipinski definition) is 1. The molecule has 0 radical (unpaired) electrons. The van der Waals surface area contributed by atoms with Crippen molar-refractivity contribution in [2.75, 3.05) is 0 Å². The van der Waals surface area contributed by atoms with Gasteiger partial charge in [-0.1, -0.05) is 60.1 Å². The molecule has 0 N–H and O–H groups in total. The summed E-state index contributed by atoms with van der Waals surface area (Å²) >= 11 is 0. The first-order chi connectivity index (χ1) is 18.3. The van der Waals surface area contributed by atoms with Crippen molar-refractivity contribution < 1.29 is 4.79 Å². The zero-order valence-electron chi connectivity index (χ0n) is 20.0. The minimum Gasteiger partial charge on any atom is -0.309 e. The summed E-state index contributed by atoms with van der Waals surface area (Å²) in [5.74, 6) is 13.2. The third-order valence-corrected chi connectivity index (χ3v) is 6.30. The molecule has 5 aromatic carbocycles. The Bertz CT molecular complexity index is 1760. The first-order valence-corrected chi connectivity index (χ1v) is 12.1. The summed E-state index contributed by atoms with van der Waals surface area (Å²) in [6.45, 7) is 0. The number of rotatable bonds is 2. The number of aldehydes is 1. The van der Waals surface area contributed by atoms with Crippen LogP contribution in [0.15, 0.2) is 121 Å². The molecule has 1 aromatic heterocycles. The van der Waals surface area contributed by atoms with Crippen LogP contribution in [-0.2, 0) is 0 Å². The van der Waals surface area contributed by atoms with Crippen molar-refractivity contribution in [3.05, 3.63) is 149 Å². The fourth-order valence-corrected chi connectivity index (χ4v) is 4.49. The molecule has 2 heteroatoms. The standard InChI is InChI=1S/C35H21NO/c37-25-30-15-19-31(20-16-30)36-34-21-17-28(13-11-26-7-3-1-4-8-26)23-32(34)33-24-29(18-22-35(33)36)14-12-27-9-5-2-6-10-27/h1-10,15-25H. The number of hydrogen-bond donors (Lipinski definition) is 0. The van der Waals surface area contributed by atoms with E-state index in [1.165, 1.54) is 0 Å². The van der Waals surface area contributed by atoms with Crippen LogP contribution in [-0.4, -0.2) is 10.9 Å². The monoisotopic (exact) mass is 471 g/mol. The predicted molar refractivity (Wildman–Crippen MR) is 151 cm³/mol. The quantitative estimate of drug-likeness (QED) is 0.191. The molecule has 0 atom stereocenters. The lowest BCUT2D eigenvalue weighted by atomic mass is 10.1. The molecular formula is C35H21NO. The van der Waals surface area contributed by atoms with Crippen molar-refractivity contribution >= 4 is 28.1 Å². The van der Waals surface area contributed by atoms with Gasteiger partial charge in [0.15, 0.2) is 0 Å². The van der Waals surface area contributed by atoms with Crippen LogP contribution in [0.1, 0.15) is 32.6 Å². The molecule has 0 aliphatic heterocycles. The van der Waals surface area contributed by atoms with E-state index < -0.39 is 0 Å². The molecule has 2 nitrogen and oxygen atoms in total. The molecule has 0 saturated carbocycles. The average molecular weight is 472 g/mol. The van der Waals surface area contributed by atoms with Crippen molar-refractivity contribution in [1.29, 1.82) is 0 Å². The molecule has 172 valence electrons. The number of aromatic nitrogens is 1. The van der Waals surface area contributed by atoms with E-state index in [2.05, 4.69) is 64.6 Å². The highest BCUT2D eigenvalue weighted by atomic mass is 16.1. The largest absolute Gasteiger partial charge is 0.309 e. The van der Waals surface area contributed by atoms with E-state index in [1.807, 2.05) is 84.9 Å². The van der Waals surface area contributed by atoms with Crippen LogP contribution in [0, 0.1) is 23.7 Å². The highest BCUT2D eigenvalue weighted by molar-refractivity contribution is 6.10. The van der Waals surface area contributed by atoms with Gasteiger partial charge in [0.2, 0.25) is 0 Å². The molecule has 1 heterocycles. The van der Waals surface area contributed by atoms with E-state index in [0.717, 1.165) is 56.0 Å². The van der Waals surface area contributed by atoms with Crippen LogP contribution >= 0.6 is 0 Å². The normalized spacial score (nSPS) is 10.4. The van der Waals surface area contributed by atoms with Gasteiger partial charge < -0.3 is 4.57 Å². The number of benzene rings is 5. The van der Waals surface area contributed by atoms with Crippen LogP contribution in [0.4, 0.5) is 0 Å². The van der Waals surface area contributed by atoms with E-state index in [-0.39, 0.29) is 0 Å². The van der Waals surface area contributed by atoms with Gasteiger partial charge in [-0.25, -0.2) is 0 Å². The predicted octanol–water partition coefficient (Wildman–Crippen LogP) is 7.40. The maximum Gasteiger partial charge on any atom is 0.150 e. The fourth-order valence-electron chi connectivity index (χ4n) is 4.49. The number of carbonyl (C=O) groups is 1. The van der Waals surface area contributed by atoms with Gasteiger partial charge in [0.1, 0.15) is 6.29 Å². The summed E-state index contributed by atoms with van der Waals surface area (Å²) in [7, 11) is 0. The minimum absolute atomic E-state index is 0.654. The lowest BCUT2D eigenvalue weighted by molar-refractivity contribution is 0.112. The maximum atomic E-state index is 11.2. The molecule has 0 saturated heterocycles. The third-order valence-electron chi connectivity index (χ3n) is 6.30. The van der Waals surface area contributed by atoms with E-state index in [0.29, 0.717) is 5.56 Å². The zero-order chi connectivity index (χ0) is 25.0. The number of carbonyl (C=O) groups excluding carboxylic acids is 1. The topological polar surface area (TPSA) is 22.0 Å². The maximum absolute atomic E-state index is 11.2. The van der Waals surface area contributed by atoms with Crippen molar-refractivity contribution in [2.24, 2.45) is 0 Å². The average Bonchev–Trinajstić information content (AvgIpc) is 3.29. The second-order valence-electron chi connectivity index (χ2n) is 8.74. The highest BCUT2D eigenvalue weighted by Crippen LogP contribution is 2.33. The zero-order valence-corrected chi connectivity index (χ0v) is 20.0. The molecule has 0 unspecified atom stereocenters. The summed E-state index contributed by atoms with van der Waals surface area (Å²) in [5.41, 5.74) is 7.68. The molecular weight excluding hydrogens is 450 g/mol. The Labute approximate surface area is 215 Å². The Balaban J connectivity index is 1.53. The van der Waals surface area contributed by atoms with E-state index >= 15 is 0 Å². The Kier molecular flexibility index (Phi) is 5.84. The molecule has 0 amide bonds. The van der Waals surface area contributed by atoms with Crippen molar-refractivity contribution in [1.82, 2.24) is 4.57 Å². The smallest absolute Gasteiger partial charge is 0.150 e. The molecule has 6 rings (SSSR count). The molecule has 0 spiro atoms. The fraction of sp³-hybridized carbons (Fsp3) is 0. The summed E-state index contributed by atoms with van der Waals surface area (Å²) < 4.78 is 2.22. The summed E-state index contributed by atoms with van der Waals surface area (Å²) in [4.78, 5) is 11.2. The van der Waals surface area contributed by atoms with E-state index in [1.54, 1.807) is 0 Å². The van der Waals surface area contributed by atoms with Gasteiger partial charge in [-0.15, -0.1) is 0 Å². The van der Waals surface area contributed by atoms with Crippen LogP contribution in [0.25, 0.3) is 27.5 Å². The highest BCUT2D eigenvalue weighted by Gasteiger charge is 2.13. The van der Waals surface area contributed by atoms with E-state index in [4.69, 9.17) is 0 Å². The lowest BCUT2D eigenvalue weighted by Gasteiger charge is -2.08. The van der Waals surface area contributed by atoms with Crippen LogP contribution < -0.4 is 0 Å².